The van der Waals surface area contributed by atoms with Gasteiger partial charge in [-0.15, -0.1) is 0 Å². The summed E-state index contributed by atoms with van der Waals surface area (Å²) in [5, 5.41) is 17.8. The zero-order valence-electron chi connectivity index (χ0n) is 10.8. The molecule has 20 heavy (non-hydrogen) atoms. The highest BCUT2D eigenvalue weighted by Gasteiger charge is 2.32. The number of benzene rings is 1. The van der Waals surface area contributed by atoms with E-state index in [1.165, 1.54) is 11.0 Å². The highest BCUT2D eigenvalue weighted by molar-refractivity contribution is 5.94. The van der Waals surface area contributed by atoms with E-state index in [1.54, 1.807) is 30.3 Å². The monoisotopic (exact) mass is 270 g/mol. The van der Waals surface area contributed by atoms with Gasteiger partial charge in [-0.1, -0.05) is 12.1 Å². The largest absolute Gasteiger partial charge is 0.480 e. The van der Waals surface area contributed by atoms with Crippen molar-refractivity contribution in [3.63, 3.8) is 0 Å². The number of amides is 1. The zero-order valence-corrected chi connectivity index (χ0v) is 10.8. The van der Waals surface area contributed by atoms with Crippen LogP contribution in [0, 0.1) is 11.3 Å². The molecule has 1 heterocycles. The number of carboxylic acid groups (broad SMARTS) is 1. The van der Waals surface area contributed by atoms with E-state index < -0.39 is 12.0 Å². The van der Waals surface area contributed by atoms with E-state index in [2.05, 4.69) is 0 Å². The maximum absolute atomic E-state index is 12.0. The van der Waals surface area contributed by atoms with Gasteiger partial charge in [0.25, 0.3) is 0 Å². The van der Waals surface area contributed by atoms with Gasteiger partial charge in [0.1, 0.15) is 6.04 Å². The molecule has 0 bridgehead atoms. The standard InChI is InChI=1S/C15H14N2O3/c16-10-12-4-1-3-11(9-12)6-7-14(18)17-8-2-5-13(17)15(19)20/h1,3-4,6-7,9,13H,2,5,8H2,(H,19,20)/b7-6+. The second-order valence-corrected chi connectivity index (χ2v) is 4.60. The Morgan fingerprint density at radius 1 is 1.45 bits per heavy atom. The highest BCUT2D eigenvalue weighted by atomic mass is 16.4. The van der Waals surface area contributed by atoms with Gasteiger partial charge in [-0.25, -0.2) is 4.79 Å². The van der Waals surface area contributed by atoms with Crippen molar-refractivity contribution in [3.05, 3.63) is 41.5 Å². The quantitative estimate of drug-likeness (QED) is 0.847. The third kappa shape index (κ3) is 3.04. The summed E-state index contributed by atoms with van der Waals surface area (Å²) in [7, 11) is 0. The van der Waals surface area contributed by atoms with Crippen molar-refractivity contribution < 1.29 is 14.7 Å². The molecule has 0 aromatic heterocycles. The minimum Gasteiger partial charge on any atom is -0.480 e. The molecule has 0 saturated carbocycles. The van der Waals surface area contributed by atoms with Gasteiger partial charge < -0.3 is 10.0 Å². The number of carboxylic acids is 1. The van der Waals surface area contributed by atoms with Crippen molar-refractivity contribution in [1.82, 2.24) is 4.90 Å². The fraction of sp³-hybridized carbons (Fsp3) is 0.267. The van der Waals surface area contributed by atoms with E-state index in [1.807, 2.05) is 6.07 Å². The normalized spacial score (nSPS) is 18.1. The van der Waals surface area contributed by atoms with Crippen LogP contribution in [0.25, 0.3) is 6.08 Å². The molecule has 1 unspecified atom stereocenters. The number of likely N-dealkylation sites (tertiary alicyclic amines) is 1. The number of hydrogen-bond donors (Lipinski definition) is 1. The molecule has 1 aliphatic rings. The number of nitrogens with zero attached hydrogens (tertiary/aromatic N) is 2. The molecule has 102 valence electrons. The summed E-state index contributed by atoms with van der Waals surface area (Å²) in [4.78, 5) is 24.4. The maximum Gasteiger partial charge on any atom is 0.326 e. The lowest BCUT2D eigenvalue weighted by Gasteiger charge is -2.19. The number of aliphatic carboxylic acids is 1. The first kappa shape index (κ1) is 13.8. The number of nitriles is 1. The second kappa shape index (κ2) is 6.02. The van der Waals surface area contributed by atoms with Crippen molar-refractivity contribution in [2.45, 2.75) is 18.9 Å². The molecule has 1 atom stereocenters. The molecule has 1 aromatic carbocycles. The first-order valence-electron chi connectivity index (χ1n) is 6.33. The van der Waals surface area contributed by atoms with Gasteiger partial charge in [-0.2, -0.15) is 5.26 Å². The Labute approximate surface area is 116 Å². The second-order valence-electron chi connectivity index (χ2n) is 4.60. The van der Waals surface area contributed by atoms with E-state index in [0.29, 0.717) is 24.9 Å². The summed E-state index contributed by atoms with van der Waals surface area (Å²) in [5.74, 6) is -1.27. The number of carbonyl (C=O) groups excluding carboxylic acids is 1. The van der Waals surface area contributed by atoms with Gasteiger partial charge in [0.2, 0.25) is 5.91 Å². The van der Waals surface area contributed by atoms with Crippen LogP contribution in [0.4, 0.5) is 0 Å². The predicted molar refractivity (Wildman–Crippen MR) is 72.6 cm³/mol. The van der Waals surface area contributed by atoms with Crippen molar-refractivity contribution >= 4 is 18.0 Å². The summed E-state index contributed by atoms with van der Waals surface area (Å²) in [6.45, 7) is 0.471. The molecule has 1 aromatic rings. The average molecular weight is 270 g/mol. The van der Waals surface area contributed by atoms with Gasteiger partial charge in [0.05, 0.1) is 11.6 Å². The van der Waals surface area contributed by atoms with E-state index in [9.17, 15) is 9.59 Å². The minimum absolute atomic E-state index is 0.308. The van der Waals surface area contributed by atoms with Crippen molar-refractivity contribution in [2.75, 3.05) is 6.54 Å². The molecular weight excluding hydrogens is 256 g/mol. The Bertz CT molecular complexity index is 601. The van der Waals surface area contributed by atoms with Crippen LogP contribution in [-0.4, -0.2) is 34.5 Å². The topological polar surface area (TPSA) is 81.4 Å². The number of rotatable bonds is 3. The summed E-state index contributed by atoms with van der Waals surface area (Å²) in [5.41, 5.74) is 1.26. The van der Waals surface area contributed by atoms with Crippen LogP contribution in [0.3, 0.4) is 0 Å². The van der Waals surface area contributed by atoms with E-state index in [4.69, 9.17) is 10.4 Å². The van der Waals surface area contributed by atoms with Gasteiger partial charge in [0, 0.05) is 12.6 Å². The predicted octanol–water partition coefficient (Wildman–Crippen LogP) is 1.65. The molecule has 0 aliphatic carbocycles. The maximum atomic E-state index is 12.0. The molecule has 1 N–H and O–H groups in total. The molecule has 1 aliphatic heterocycles. The first-order chi connectivity index (χ1) is 9.61. The fourth-order valence-corrected chi connectivity index (χ4v) is 2.26. The van der Waals surface area contributed by atoms with Crippen LogP contribution in [-0.2, 0) is 9.59 Å². The summed E-state index contributed by atoms with van der Waals surface area (Å²) >= 11 is 0. The molecular formula is C15H14N2O3. The molecule has 0 radical (unpaired) electrons. The molecule has 1 fully saturated rings. The third-order valence-electron chi connectivity index (χ3n) is 3.26. The Morgan fingerprint density at radius 3 is 2.95 bits per heavy atom. The molecule has 1 saturated heterocycles. The van der Waals surface area contributed by atoms with Crippen LogP contribution in [0.2, 0.25) is 0 Å². The van der Waals surface area contributed by atoms with E-state index in [-0.39, 0.29) is 5.91 Å². The van der Waals surface area contributed by atoms with Crippen LogP contribution in [0.15, 0.2) is 30.3 Å². The molecule has 0 spiro atoms. The minimum atomic E-state index is -0.962. The third-order valence-corrected chi connectivity index (χ3v) is 3.26. The van der Waals surface area contributed by atoms with E-state index >= 15 is 0 Å². The number of hydrogen-bond acceptors (Lipinski definition) is 3. The SMILES string of the molecule is N#Cc1cccc(/C=C/C(=O)N2CCCC2C(=O)O)c1. The summed E-state index contributed by atoms with van der Waals surface area (Å²) in [6, 6.07) is 8.17. The lowest BCUT2D eigenvalue weighted by molar-refractivity contribution is -0.146. The van der Waals surface area contributed by atoms with Crippen molar-refractivity contribution in [3.8, 4) is 6.07 Å². The molecule has 1 amide bonds. The summed E-state index contributed by atoms with van der Waals surface area (Å²) < 4.78 is 0. The lowest BCUT2D eigenvalue weighted by Crippen LogP contribution is -2.39. The molecule has 5 nitrogen and oxygen atoms in total. The lowest BCUT2D eigenvalue weighted by atomic mass is 10.1. The zero-order chi connectivity index (χ0) is 14.5. The average Bonchev–Trinajstić information content (AvgIpc) is 2.94. The number of carbonyl (C=O) groups is 2. The van der Waals surface area contributed by atoms with Crippen molar-refractivity contribution in [1.29, 1.82) is 5.26 Å². The van der Waals surface area contributed by atoms with E-state index in [0.717, 1.165) is 5.56 Å². The van der Waals surface area contributed by atoms with Gasteiger partial charge in [-0.05, 0) is 36.6 Å². The Kier molecular flexibility index (Phi) is 4.16. The highest BCUT2D eigenvalue weighted by Crippen LogP contribution is 2.18. The van der Waals surface area contributed by atoms with Gasteiger partial charge in [0.15, 0.2) is 0 Å². The molecule has 2 rings (SSSR count). The van der Waals surface area contributed by atoms with Crippen LogP contribution >= 0.6 is 0 Å². The first-order valence-corrected chi connectivity index (χ1v) is 6.33. The summed E-state index contributed by atoms with van der Waals surface area (Å²) in [6.07, 6.45) is 4.16. The van der Waals surface area contributed by atoms with Crippen LogP contribution in [0.1, 0.15) is 24.0 Å². The Morgan fingerprint density at radius 2 is 2.25 bits per heavy atom. The van der Waals surface area contributed by atoms with Crippen molar-refractivity contribution in [2.24, 2.45) is 0 Å². The van der Waals surface area contributed by atoms with Gasteiger partial charge in [-0.3, -0.25) is 4.79 Å². The fourth-order valence-electron chi connectivity index (χ4n) is 2.26. The smallest absolute Gasteiger partial charge is 0.326 e. The Hall–Kier alpha value is -2.61. The van der Waals surface area contributed by atoms with Crippen LogP contribution < -0.4 is 0 Å². The molecule has 5 heteroatoms. The Balaban J connectivity index is 2.09. The van der Waals surface area contributed by atoms with Crippen LogP contribution in [0.5, 0.6) is 0 Å². The van der Waals surface area contributed by atoms with Gasteiger partial charge >= 0.3 is 5.97 Å².